The van der Waals surface area contributed by atoms with E-state index in [9.17, 15) is 9.59 Å². The summed E-state index contributed by atoms with van der Waals surface area (Å²) in [5, 5.41) is 22.2. The first-order valence-electron chi connectivity index (χ1n) is 7.42. The van der Waals surface area contributed by atoms with E-state index in [-0.39, 0.29) is 17.8 Å². The van der Waals surface area contributed by atoms with Crippen molar-refractivity contribution in [3.8, 4) is 12.1 Å². The van der Waals surface area contributed by atoms with Crippen LogP contribution in [-0.4, -0.2) is 21.8 Å². The van der Waals surface area contributed by atoms with Crippen LogP contribution in [0.1, 0.15) is 31.7 Å². The highest BCUT2D eigenvalue weighted by molar-refractivity contribution is 6.07. The zero-order chi connectivity index (χ0) is 18.7. The molecular weight excluding hydrogens is 320 g/mol. The molecule has 2 amide bonds. The van der Waals surface area contributed by atoms with Crippen LogP contribution in [0.25, 0.3) is 0 Å². The summed E-state index contributed by atoms with van der Waals surface area (Å²) in [7, 11) is 0. The number of aromatic nitrogens is 2. The largest absolute Gasteiger partial charge is 0.324 e. The maximum Gasteiger partial charge on any atom is 0.233 e. The molecule has 8 heteroatoms. The number of nitrogens with one attached hydrogen (secondary N) is 2. The van der Waals surface area contributed by atoms with Gasteiger partial charge in [0, 0.05) is 0 Å². The van der Waals surface area contributed by atoms with Crippen LogP contribution in [0.5, 0.6) is 0 Å². The summed E-state index contributed by atoms with van der Waals surface area (Å²) in [5.41, 5.74) is 1.24. The van der Waals surface area contributed by atoms with Crippen LogP contribution in [0, 0.1) is 22.7 Å². The zero-order valence-corrected chi connectivity index (χ0v) is 13.8. The van der Waals surface area contributed by atoms with Crippen molar-refractivity contribution in [3.05, 3.63) is 48.0 Å². The second-order valence-corrected chi connectivity index (χ2v) is 4.36. The normalized spacial score (nSPS) is 8.80. The quantitative estimate of drug-likeness (QED) is 0.823. The van der Waals surface area contributed by atoms with Gasteiger partial charge >= 0.3 is 0 Å². The van der Waals surface area contributed by atoms with Crippen molar-refractivity contribution in [2.24, 2.45) is 0 Å². The molecule has 2 heterocycles. The average Bonchev–Trinajstić information content (AvgIpc) is 2.64. The van der Waals surface area contributed by atoms with Crippen molar-refractivity contribution < 1.29 is 9.59 Å². The molecule has 2 aromatic heterocycles. The van der Waals surface area contributed by atoms with Gasteiger partial charge in [-0.3, -0.25) is 9.59 Å². The molecule has 0 aromatic carbocycles. The monoisotopic (exact) mass is 336 g/mol. The molecule has 0 saturated heterocycles. The molecule has 0 unspecified atom stereocenters. The Bertz CT molecular complexity index is 732. The molecule has 0 aliphatic heterocycles. The van der Waals surface area contributed by atoms with Crippen LogP contribution in [0.2, 0.25) is 0 Å². The molecule has 126 valence electrons. The molecule has 0 bridgehead atoms. The first kappa shape index (κ1) is 19.3. The Hall–Kier alpha value is -3.78. The minimum atomic E-state index is -0.518. The summed E-state index contributed by atoms with van der Waals surface area (Å²) in [6.45, 7) is 4.00. The zero-order valence-electron chi connectivity index (χ0n) is 13.8. The van der Waals surface area contributed by atoms with Crippen molar-refractivity contribution >= 4 is 23.2 Å². The number of pyridine rings is 2. The molecule has 0 fully saturated rings. The molecule has 2 N–H and O–H groups in total. The highest BCUT2D eigenvalue weighted by Crippen LogP contribution is 2.08. The molecule has 0 saturated carbocycles. The maximum atomic E-state index is 11.7. The van der Waals surface area contributed by atoms with E-state index in [1.807, 2.05) is 26.0 Å². The number of carbonyl (C=O) groups excluding carboxylic acids is 2. The Morgan fingerprint density at radius 1 is 0.880 bits per heavy atom. The Balaban J connectivity index is 0.00000151. The van der Waals surface area contributed by atoms with Gasteiger partial charge < -0.3 is 10.6 Å². The molecular formula is C17H16N6O2. The van der Waals surface area contributed by atoms with E-state index in [1.165, 1.54) is 36.7 Å². The summed E-state index contributed by atoms with van der Waals surface area (Å²) in [5.74, 6) is -1.04. The van der Waals surface area contributed by atoms with Gasteiger partial charge in [-0.1, -0.05) is 13.8 Å². The van der Waals surface area contributed by atoms with Gasteiger partial charge in [-0.25, -0.2) is 9.97 Å². The number of carbonyl (C=O) groups is 2. The van der Waals surface area contributed by atoms with Crippen molar-refractivity contribution in [3.63, 3.8) is 0 Å². The van der Waals surface area contributed by atoms with Crippen LogP contribution in [0.15, 0.2) is 36.7 Å². The lowest BCUT2D eigenvalue weighted by atomic mass is 10.3. The first-order chi connectivity index (χ1) is 12.1. The van der Waals surface area contributed by atoms with Crippen molar-refractivity contribution in [2.75, 3.05) is 10.6 Å². The summed E-state index contributed by atoms with van der Waals surface area (Å²) in [4.78, 5) is 31.1. The Labute approximate surface area is 145 Å². The lowest BCUT2D eigenvalue weighted by Crippen LogP contribution is -2.21. The van der Waals surface area contributed by atoms with E-state index in [0.717, 1.165) is 0 Å². The smallest absolute Gasteiger partial charge is 0.233 e. The van der Waals surface area contributed by atoms with Crippen LogP contribution < -0.4 is 10.6 Å². The minimum absolute atomic E-state index is 0.231. The second kappa shape index (κ2) is 10.1. The predicted octanol–water partition coefficient (Wildman–Crippen LogP) is 2.21. The van der Waals surface area contributed by atoms with E-state index in [2.05, 4.69) is 20.6 Å². The Kier molecular flexibility index (Phi) is 7.77. The van der Waals surface area contributed by atoms with E-state index in [1.54, 1.807) is 0 Å². The van der Waals surface area contributed by atoms with Gasteiger partial charge in [0.1, 0.15) is 29.9 Å². The molecule has 0 atom stereocenters. The van der Waals surface area contributed by atoms with Crippen molar-refractivity contribution in [2.45, 2.75) is 20.3 Å². The Morgan fingerprint density at radius 3 is 1.56 bits per heavy atom. The van der Waals surface area contributed by atoms with Gasteiger partial charge in [0.25, 0.3) is 0 Å². The molecule has 8 nitrogen and oxygen atoms in total. The molecule has 0 aliphatic carbocycles. The third kappa shape index (κ3) is 6.47. The average molecular weight is 336 g/mol. The number of anilines is 2. The minimum Gasteiger partial charge on any atom is -0.324 e. The number of amides is 2. The third-order valence-corrected chi connectivity index (χ3v) is 2.64. The maximum absolute atomic E-state index is 11.7. The molecule has 2 aromatic rings. The fourth-order valence-electron chi connectivity index (χ4n) is 1.62. The lowest BCUT2D eigenvalue weighted by Gasteiger charge is -2.06. The number of nitrogens with zero attached hydrogens (tertiary/aromatic N) is 4. The predicted molar refractivity (Wildman–Crippen MR) is 91.1 cm³/mol. The van der Waals surface area contributed by atoms with Crippen LogP contribution in [0.4, 0.5) is 11.4 Å². The van der Waals surface area contributed by atoms with Crippen LogP contribution >= 0.6 is 0 Å². The number of hydrogen-bond donors (Lipinski definition) is 2. The third-order valence-electron chi connectivity index (χ3n) is 2.64. The van der Waals surface area contributed by atoms with Crippen LogP contribution in [-0.2, 0) is 9.59 Å². The topological polar surface area (TPSA) is 132 Å². The molecule has 0 spiro atoms. The van der Waals surface area contributed by atoms with Gasteiger partial charge in [-0.15, -0.1) is 0 Å². The van der Waals surface area contributed by atoms with E-state index < -0.39 is 11.8 Å². The summed E-state index contributed by atoms with van der Waals surface area (Å²) < 4.78 is 0. The second-order valence-electron chi connectivity index (χ2n) is 4.36. The summed E-state index contributed by atoms with van der Waals surface area (Å²) >= 11 is 0. The van der Waals surface area contributed by atoms with E-state index in [4.69, 9.17) is 10.5 Å². The SMILES string of the molecule is CC.N#Cc1ccc(NC(=O)CC(=O)Nc2ccc(C#N)nc2)cn1. The van der Waals surface area contributed by atoms with Crippen molar-refractivity contribution in [1.29, 1.82) is 10.5 Å². The van der Waals surface area contributed by atoms with Crippen molar-refractivity contribution in [1.82, 2.24) is 9.97 Å². The van der Waals surface area contributed by atoms with Gasteiger partial charge in [0.2, 0.25) is 11.8 Å². The number of hydrogen-bond acceptors (Lipinski definition) is 6. The van der Waals surface area contributed by atoms with E-state index in [0.29, 0.717) is 11.4 Å². The van der Waals surface area contributed by atoms with Gasteiger partial charge in [0.05, 0.1) is 23.8 Å². The number of nitriles is 2. The Morgan fingerprint density at radius 2 is 1.28 bits per heavy atom. The molecule has 0 radical (unpaired) electrons. The summed E-state index contributed by atoms with van der Waals surface area (Å²) in [6.07, 6.45) is 2.28. The fourth-order valence-corrected chi connectivity index (χ4v) is 1.62. The van der Waals surface area contributed by atoms with Gasteiger partial charge in [0.15, 0.2) is 0 Å². The standard InChI is InChI=1S/C15H10N6O2.C2H6/c16-6-10-1-3-12(8-18-10)20-14(22)5-15(23)21-13-4-2-11(7-17)19-9-13;1-2/h1-4,8-9H,5H2,(H,20,22)(H,21,23);1-2H3. The summed E-state index contributed by atoms with van der Waals surface area (Å²) in [6, 6.07) is 9.67. The van der Waals surface area contributed by atoms with Gasteiger partial charge in [-0.05, 0) is 24.3 Å². The highest BCUT2D eigenvalue weighted by atomic mass is 16.2. The molecule has 25 heavy (non-hydrogen) atoms. The lowest BCUT2D eigenvalue weighted by molar-refractivity contribution is -0.123. The number of rotatable bonds is 4. The van der Waals surface area contributed by atoms with Gasteiger partial charge in [-0.2, -0.15) is 10.5 Å². The first-order valence-corrected chi connectivity index (χ1v) is 7.42. The molecule has 0 aliphatic rings. The molecule has 2 rings (SSSR count). The highest BCUT2D eigenvalue weighted by Gasteiger charge is 2.10. The van der Waals surface area contributed by atoms with Crippen LogP contribution in [0.3, 0.4) is 0 Å². The fraction of sp³-hybridized carbons (Fsp3) is 0.176. The van der Waals surface area contributed by atoms with E-state index >= 15 is 0 Å².